The number of morpholine rings is 1. The zero-order valence-electron chi connectivity index (χ0n) is 10.9. The third-order valence-corrected chi connectivity index (χ3v) is 4.32. The Balaban J connectivity index is 1.95. The standard InChI is InChI=1S/C13H18F2N2OS/c1-2-17-3-4-18-10(7-17)8-19-13-11(14)5-9(16)6-12(13)15/h5-6,10H,2-4,7-8,16H2,1H3. The second-order valence-electron chi connectivity index (χ2n) is 4.51. The van der Waals surface area contributed by atoms with Crippen LogP contribution in [-0.2, 0) is 4.74 Å². The normalized spacial score (nSPS) is 20.7. The van der Waals surface area contributed by atoms with Gasteiger partial charge in [0.15, 0.2) is 0 Å². The lowest BCUT2D eigenvalue weighted by Crippen LogP contribution is -2.43. The van der Waals surface area contributed by atoms with Gasteiger partial charge in [-0.25, -0.2) is 8.78 Å². The summed E-state index contributed by atoms with van der Waals surface area (Å²) >= 11 is 1.14. The van der Waals surface area contributed by atoms with E-state index in [1.165, 1.54) is 0 Å². The van der Waals surface area contributed by atoms with Crippen LogP contribution in [0.5, 0.6) is 0 Å². The Morgan fingerprint density at radius 3 is 2.74 bits per heavy atom. The Morgan fingerprint density at radius 2 is 2.11 bits per heavy atom. The van der Waals surface area contributed by atoms with Crippen LogP contribution in [0.15, 0.2) is 17.0 Å². The molecule has 19 heavy (non-hydrogen) atoms. The van der Waals surface area contributed by atoms with E-state index >= 15 is 0 Å². The first-order valence-electron chi connectivity index (χ1n) is 6.31. The number of thioether (sulfide) groups is 1. The highest BCUT2D eigenvalue weighted by Gasteiger charge is 2.21. The van der Waals surface area contributed by atoms with Crippen molar-refractivity contribution in [1.29, 1.82) is 0 Å². The summed E-state index contributed by atoms with van der Waals surface area (Å²) in [5.41, 5.74) is 5.49. The largest absolute Gasteiger partial charge is 0.399 e. The van der Waals surface area contributed by atoms with E-state index in [1.54, 1.807) is 0 Å². The van der Waals surface area contributed by atoms with Gasteiger partial charge in [0.05, 0.1) is 17.6 Å². The van der Waals surface area contributed by atoms with Crippen LogP contribution in [0.25, 0.3) is 0 Å². The summed E-state index contributed by atoms with van der Waals surface area (Å²) in [7, 11) is 0. The maximum atomic E-state index is 13.6. The Kier molecular flexibility index (Phi) is 5.01. The van der Waals surface area contributed by atoms with Crippen molar-refractivity contribution in [3.63, 3.8) is 0 Å². The highest BCUT2D eigenvalue weighted by Crippen LogP contribution is 2.28. The van der Waals surface area contributed by atoms with E-state index in [4.69, 9.17) is 10.5 Å². The van der Waals surface area contributed by atoms with Crippen LogP contribution in [-0.4, -0.2) is 43.0 Å². The molecule has 1 aromatic carbocycles. The quantitative estimate of drug-likeness (QED) is 0.682. The van der Waals surface area contributed by atoms with Gasteiger partial charge in [-0.2, -0.15) is 0 Å². The second-order valence-corrected chi connectivity index (χ2v) is 5.54. The molecule has 106 valence electrons. The van der Waals surface area contributed by atoms with Crippen LogP contribution < -0.4 is 5.73 Å². The smallest absolute Gasteiger partial charge is 0.141 e. The molecule has 0 aromatic heterocycles. The summed E-state index contributed by atoms with van der Waals surface area (Å²) in [5, 5.41) is 0. The molecule has 1 saturated heterocycles. The summed E-state index contributed by atoms with van der Waals surface area (Å²) < 4.78 is 32.8. The molecule has 1 aliphatic heterocycles. The lowest BCUT2D eigenvalue weighted by Gasteiger charge is -2.31. The van der Waals surface area contributed by atoms with Crippen LogP contribution in [0.1, 0.15) is 6.92 Å². The number of nitrogen functional groups attached to an aromatic ring is 1. The van der Waals surface area contributed by atoms with Gasteiger partial charge in [-0.15, -0.1) is 11.8 Å². The maximum absolute atomic E-state index is 13.6. The molecule has 6 heteroatoms. The summed E-state index contributed by atoms with van der Waals surface area (Å²) in [4.78, 5) is 2.29. The molecule has 3 nitrogen and oxygen atoms in total. The first-order valence-corrected chi connectivity index (χ1v) is 7.30. The average molecular weight is 288 g/mol. The minimum absolute atomic E-state index is 0.00931. The number of benzene rings is 1. The number of ether oxygens (including phenoxy) is 1. The van der Waals surface area contributed by atoms with E-state index in [-0.39, 0.29) is 16.7 Å². The van der Waals surface area contributed by atoms with Crippen LogP contribution >= 0.6 is 11.8 Å². The highest BCUT2D eigenvalue weighted by atomic mass is 32.2. The fourth-order valence-corrected chi connectivity index (χ4v) is 3.01. The van der Waals surface area contributed by atoms with E-state index in [9.17, 15) is 8.78 Å². The van der Waals surface area contributed by atoms with Crippen molar-refractivity contribution >= 4 is 17.4 Å². The molecule has 0 bridgehead atoms. The molecule has 1 atom stereocenters. The van der Waals surface area contributed by atoms with Gasteiger partial charge < -0.3 is 10.5 Å². The van der Waals surface area contributed by atoms with Crippen molar-refractivity contribution in [2.24, 2.45) is 0 Å². The summed E-state index contributed by atoms with van der Waals surface area (Å²) in [6.45, 7) is 5.46. The van der Waals surface area contributed by atoms with Crippen molar-refractivity contribution in [2.45, 2.75) is 17.9 Å². The Labute approximate surface area is 116 Å². The Morgan fingerprint density at radius 1 is 1.42 bits per heavy atom. The molecule has 0 saturated carbocycles. The van der Waals surface area contributed by atoms with Gasteiger partial charge in [0.2, 0.25) is 0 Å². The number of likely N-dealkylation sites (N-methyl/N-ethyl adjacent to an activating group) is 1. The molecule has 0 amide bonds. The van der Waals surface area contributed by atoms with Crippen LogP contribution in [0.4, 0.5) is 14.5 Å². The molecular weight excluding hydrogens is 270 g/mol. The first kappa shape index (κ1) is 14.6. The highest BCUT2D eigenvalue weighted by molar-refractivity contribution is 7.99. The number of hydrogen-bond donors (Lipinski definition) is 1. The number of nitrogens with zero attached hydrogens (tertiary/aromatic N) is 1. The minimum atomic E-state index is -0.606. The number of nitrogens with two attached hydrogens (primary N) is 1. The van der Waals surface area contributed by atoms with E-state index < -0.39 is 11.6 Å². The fraction of sp³-hybridized carbons (Fsp3) is 0.538. The maximum Gasteiger partial charge on any atom is 0.141 e. The van der Waals surface area contributed by atoms with E-state index in [1.807, 2.05) is 0 Å². The zero-order valence-corrected chi connectivity index (χ0v) is 11.7. The molecule has 1 unspecified atom stereocenters. The predicted octanol–water partition coefficient (Wildman–Crippen LogP) is 2.36. The topological polar surface area (TPSA) is 38.5 Å². The molecule has 1 fully saturated rings. The molecule has 0 radical (unpaired) electrons. The van der Waals surface area contributed by atoms with Gasteiger partial charge in [-0.3, -0.25) is 4.90 Å². The third kappa shape index (κ3) is 3.81. The number of halogens is 2. The van der Waals surface area contributed by atoms with E-state index in [0.29, 0.717) is 12.4 Å². The van der Waals surface area contributed by atoms with Crippen LogP contribution in [0.3, 0.4) is 0 Å². The van der Waals surface area contributed by atoms with E-state index in [2.05, 4.69) is 11.8 Å². The van der Waals surface area contributed by atoms with Crippen molar-refractivity contribution in [3.05, 3.63) is 23.8 Å². The van der Waals surface area contributed by atoms with Crippen molar-refractivity contribution in [3.8, 4) is 0 Å². The molecule has 2 rings (SSSR count). The Bertz CT molecular complexity index is 422. The SMILES string of the molecule is CCN1CCOC(CSc2c(F)cc(N)cc2F)C1. The van der Waals surface area contributed by atoms with Gasteiger partial charge in [-0.05, 0) is 18.7 Å². The molecule has 0 aliphatic carbocycles. The predicted molar refractivity (Wildman–Crippen MR) is 73.3 cm³/mol. The lowest BCUT2D eigenvalue weighted by molar-refractivity contribution is -0.0137. The summed E-state index contributed by atoms with van der Waals surface area (Å²) in [6, 6.07) is 2.29. The second kappa shape index (κ2) is 6.54. The number of rotatable bonds is 4. The van der Waals surface area contributed by atoms with Gasteiger partial charge in [0.25, 0.3) is 0 Å². The van der Waals surface area contributed by atoms with Crippen LogP contribution in [0.2, 0.25) is 0 Å². The summed E-state index contributed by atoms with van der Waals surface area (Å²) in [6.07, 6.45) is 0.00931. The first-order chi connectivity index (χ1) is 9.10. The molecule has 1 aromatic rings. The summed E-state index contributed by atoms with van der Waals surface area (Å²) in [5.74, 6) is -0.676. The van der Waals surface area contributed by atoms with Gasteiger partial charge in [-0.1, -0.05) is 6.92 Å². The van der Waals surface area contributed by atoms with Crippen molar-refractivity contribution < 1.29 is 13.5 Å². The number of hydrogen-bond acceptors (Lipinski definition) is 4. The third-order valence-electron chi connectivity index (χ3n) is 3.10. The molecule has 1 heterocycles. The van der Waals surface area contributed by atoms with Crippen molar-refractivity contribution in [1.82, 2.24) is 4.90 Å². The fourth-order valence-electron chi connectivity index (χ4n) is 2.06. The van der Waals surface area contributed by atoms with Crippen molar-refractivity contribution in [2.75, 3.05) is 37.7 Å². The van der Waals surface area contributed by atoms with E-state index in [0.717, 1.165) is 43.5 Å². The van der Waals surface area contributed by atoms with Gasteiger partial charge >= 0.3 is 0 Å². The molecule has 0 spiro atoms. The molecule has 1 aliphatic rings. The average Bonchev–Trinajstić information content (AvgIpc) is 2.37. The number of anilines is 1. The Hall–Kier alpha value is -0.850. The zero-order chi connectivity index (χ0) is 13.8. The minimum Gasteiger partial charge on any atom is -0.399 e. The van der Waals surface area contributed by atoms with Gasteiger partial charge in [0, 0.05) is 24.5 Å². The van der Waals surface area contributed by atoms with Crippen LogP contribution in [0, 0.1) is 11.6 Å². The molecular formula is C13H18F2N2OS. The molecule has 2 N–H and O–H groups in total. The van der Waals surface area contributed by atoms with Gasteiger partial charge in [0.1, 0.15) is 11.6 Å². The monoisotopic (exact) mass is 288 g/mol. The lowest BCUT2D eigenvalue weighted by atomic mass is 10.3.